The molecule has 2 aliphatic carbocycles. The van der Waals surface area contributed by atoms with Crippen molar-refractivity contribution in [3.63, 3.8) is 0 Å². The molecule has 0 aromatic heterocycles. The lowest BCUT2D eigenvalue weighted by atomic mass is 9.52. The van der Waals surface area contributed by atoms with Gasteiger partial charge in [0.25, 0.3) is 5.91 Å². The molecule has 0 radical (unpaired) electrons. The van der Waals surface area contributed by atoms with E-state index < -0.39 is 11.0 Å². The molecule has 1 saturated heterocycles. The first-order chi connectivity index (χ1) is 18.2. The Morgan fingerprint density at radius 3 is 2.55 bits per heavy atom. The van der Waals surface area contributed by atoms with Crippen LogP contribution < -0.4 is 5.32 Å². The van der Waals surface area contributed by atoms with Crippen molar-refractivity contribution in [2.75, 3.05) is 13.1 Å². The Labute approximate surface area is 224 Å². The Kier molecular flexibility index (Phi) is 6.15. The minimum absolute atomic E-state index is 0.102. The largest absolute Gasteiger partial charge is 0.504 e. The molecule has 1 heterocycles. The summed E-state index contributed by atoms with van der Waals surface area (Å²) in [7, 11) is 0. The van der Waals surface area contributed by atoms with Crippen molar-refractivity contribution >= 4 is 16.7 Å². The number of likely N-dealkylation sites (tertiary alicyclic amines) is 1. The first kappa shape index (κ1) is 25.2. The van der Waals surface area contributed by atoms with E-state index in [4.69, 9.17) is 0 Å². The number of fused-ring (bicyclic) bond motifs is 2. The molecule has 3 unspecified atom stereocenters. The second-order valence-electron chi connectivity index (χ2n) is 12.0. The minimum atomic E-state index is -1.10. The van der Waals surface area contributed by atoms with Crippen LogP contribution in [0.1, 0.15) is 66.9 Å². The fourth-order valence-corrected chi connectivity index (χ4v) is 7.42. The molecule has 6 nitrogen and oxygen atoms in total. The summed E-state index contributed by atoms with van der Waals surface area (Å²) < 4.78 is 0. The lowest BCUT2D eigenvalue weighted by Gasteiger charge is -2.61. The van der Waals surface area contributed by atoms with Crippen LogP contribution in [-0.2, 0) is 5.41 Å². The van der Waals surface area contributed by atoms with Crippen LogP contribution in [0.15, 0.2) is 54.6 Å². The average Bonchev–Trinajstić information content (AvgIpc) is 3.73. The van der Waals surface area contributed by atoms with E-state index in [0.29, 0.717) is 42.7 Å². The zero-order chi connectivity index (χ0) is 26.7. The quantitative estimate of drug-likeness (QED) is 0.359. The van der Waals surface area contributed by atoms with Gasteiger partial charge >= 0.3 is 0 Å². The van der Waals surface area contributed by atoms with Crippen LogP contribution in [0, 0.1) is 12.8 Å². The van der Waals surface area contributed by atoms with Gasteiger partial charge in [-0.2, -0.15) is 0 Å². The van der Waals surface area contributed by atoms with Gasteiger partial charge in [0, 0.05) is 35.2 Å². The van der Waals surface area contributed by atoms with Gasteiger partial charge in [0.15, 0.2) is 11.5 Å². The van der Waals surface area contributed by atoms with Gasteiger partial charge < -0.3 is 20.6 Å². The number of nitrogens with zero attached hydrogens (tertiary/aromatic N) is 1. The van der Waals surface area contributed by atoms with Crippen molar-refractivity contribution in [2.24, 2.45) is 5.92 Å². The van der Waals surface area contributed by atoms with Crippen LogP contribution in [0.4, 0.5) is 0 Å². The molecule has 6 rings (SSSR count). The normalized spacial score (nSPS) is 29.7. The summed E-state index contributed by atoms with van der Waals surface area (Å²) in [6, 6.07) is 16.8. The van der Waals surface area contributed by atoms with E-state index in [2.05, 4.69) is 17.1 Å². The van der Waals surface area contributed by atoms with Crippen LogP contribution in [0.25, 0.3) is 10.8 Å². The van der Waals surface area contributed by atoms with E-state index in [0.717, 1.165) is 29.4 Å². The predicted octanol–water partition coefficient (Wildman–Crippen LogP) is 5.02. The number of amides is 1. The number of piperidine rings is 1. The van der Waals surface area contributed by atoms with Crippen LogP contribution in [0.2, 0.25) is 0 Å². The third-order valence-electron chi connectivity index (χ3n) is 9.74. The van der Waals surface area contributed by atoms with Crippen LogP contribution in [0.5, 0.6) is 11.5 Å². The summed E-state index contributed by atoms with van der Waals surface area (Å²) in [6.45, 7) is 5.84. The Morgan fingerprint density at radius 1 is 1.03 bits per heavy atom. The minimum Gasteiger partial charge on any atom is -0.504 e. The fraction of sp³-hybridized carbons (Fsp3) is 0.469. The topological polar surface area (TPSA) is 93.0 Å². The second-order valence-corrected chi connectivity index (χ2v) is 12.0. The zero-order valence-electron chi connectivity index (χ0n) is 22.3. The standard InChI is InChI=1S/C32H38N2O4/c1-20-7-12-27(35)29(36)28(20)31-15-16-34(19-22-8-9-22)21(2)32(31,38)14-13-26(18-31)33-30(37)25-11-10-23-5-3-4-6-24(23)17-25/h3-7,10-12,17,21-22,26,35-36,38H,8-9,13-16,18-19H2,1-2H3,(H,33,37)/t21?,26?,31-,32?/m1/s1. The lowest BCUT2D eigenvalue weighted by Crippen LogP contribution is -2.71. The number of phenolic OH excluding ortho intramolecular Hbond substituents is 2. The number of hydrogen-bond donors (Lipinski definition) is 4. The van der Waals surface area contributed by atoms with Crippen molar-refractivity contribution in [1.29, 1.82) is 0 Å². The van der Waals surface area contributed by atoms with E-state index >= 15 is 0 Å². The molecule has 2 saturated carbocycles. The van der Waals surface area contributed by atoms with Crippen LogP contribution in [0.3, 0.4) is 0 Å². The molecule has 0 spiro atoms. The molecule has 1 amide bonds. The third kappa shape index (κ3) is 4.05. The van der Waals surface area contributed by atoms with E-state index in [-0.39, 0.29) is 29.5 Å². The number of aromatic hydroxyl groups is 2. The molecule has 4 N–H and O–H groups in total. The molecule has 3 aromatic rings. The van der Waals surface area contributed by atoms with Crippen molar-refractivity contribution in [2.45, 2.75) is 75.5 Å². The average molecular weight is 515 g/mol. The Morgan fingerprint density at radius 2 is 1.79 bits per heavy atom. The van der Waals surface area contributed by atoms with Gasteiger partial charge in [0.2, 0.25) is 0 Å². The molecule has 1 aliphatic heterocycles. The van der Waals surface area contributed by atoms with E-state index in [1.807, 2.05) is 55.5 Å². The van der Waals surface area contributed by atoms with Crippen molar-refractivity contribution in [3.05, 3.63) is 71.3 Å². The maximum atomic E-state index is 13.4. The number of benzene rings is 3. The Bertz CT molecular complexity index is 1390. The number of nitrogens with one attached hydrogen (secondary N) is 1. The van der Waals surface area contributed by atoms with Gasteiger partial charge in [-0.15, -0.1) is 0 Å². The Hall–Kier alpha value is -3.09. The number of carbonyl (C=O) groups excluding carboxylic acids is 1. The highest BCUT2D eigenvalue weighted by molar-refractivity contribution is 5.98. The Balaban J connectivity index is 1.34. The van der Waals surface area contributed by atoms with E-state index in [9.17, 15) is 20.1 Å². The fourth-order valence-electron chi connectivity index (χ4n) is 7.42. The summed E-state index contributed by atoms with van der Waals surface area (Å²) in [6.07, 6.45) is 4.82. The molecule has 4 atom stereocenters. The second kappa shape index (κ2) is 9.28. The monoisotopic (exact) mass is 514 g/mol. The molecule has 200 valence electrons. The summed E-state index contributed by atoms with van der Waals surface area (Å²) in [5, 5.41) is 39.6. The first-order valence-corrected chi connectivity index (χ1v) is 14.0. The van der Waals surface area contributed by atoms with Crippen LogP contribution >= 0.6 is 0 Å². The van der Waals surface area contributed by atoms with Crippen molar-refractivity contribution in [1.82, 2.24) is 10.2 Å². The number of rotatable bonds is 5. The SMILES string of the molecule is Cc1ccc(O)c(O)c1[C@]12CCN(CC3CC3)C(C)C1(O)CCC(NC(=O)c1ccc3ccccc3c1)C2. The molecular weight excluding hydrogens is 476 g/mol. The van der Waals surface area contributed by atoms with Gasteiger partial charge in [0.05, 0.1) is 5.60 Å². The van der Waals surface area contributed by atoms with Gasteiger partial charge in [-0.25, -0.2) is 0 Å². The van der Waals surface area contributed by atoms with E-state index in [1.165, 1.54) is 18.9 Å². The highest BCUT2D eigenvalue weighted by atomic mass is 16.3. The van der Waals surface area contributed by atoms with E-state index in [1.54, 1.807) is 0 Å². The molecule has 0 bridgehead atoms. The summed E-state index contributed by atoms with van der Waals surface area (Å²) in [5.74, 6) is 0.268. The van der Waals surface area contributed by atoms with Crippen molar-refractivity contribution in [3.8, 4) is 11.5 Å². The smallest absolute Gasteiger partial charge is 0.251 e. The molecule has 38 heavy (non-hydrogen) atoms. The summed E-state index contributed by atoms with van der Waals surface area (Å²) >= 11 is 0. The zero-order valence-corrected chi connectivity index (χ0v) is 22.3. The number of carbonyl (C=O) groups is 1. The summed E-state index contributed by atoms with van der Waals surface area (Å²) in [5.41, 5.74) is 0.201. The number of aliphatic hydroxyl groups is 1. The molecule has 3 aliphatic rings. The van der Waals surface area contributed by atoms with Crippen molar-refractivity contribution < 1.29 is 20.1 Å². The lowest BCUT2D eigenvalue weighted by molar-refractivity contribution is -0.159. The maximum absolute atomic E-state index is 13.4. The van der Waals surface area contributed by atoms with Gasteiger partial charge in [-0.05, 0) is 99.4 Å². The molecule has 6 heteroatoms. The third-order valence-corrected chi connectivity index (χ3v) is 9.74. The maximum Gasteiger partial charge on any atom is 0.251 e. The number of phenols is 2. The van der Waals surface area contributed by atoms with Gasteiger partial charge in [0.1, 0.15) is 0 Å². The number of aryl methyl sites for hydroxylation is 1. The first-order valence-electron chi connectivity index (χ1n) is 14.0. The molecule has 3 fully saturated rings. The summed E-state index contributed by atoms with van der Waals surface area (Å²) in [4.78, 5) is 15.8. The predicted molar refractivity (Wildman–Crippen MR) is 149 cm³/mol. The van der Waals surface area contributed by atoms with Gasteiger partial charge in [-0.1, -0.05) is 36.4 Å². The van der Waals surface area contributed by atoms with Gasteiger partial charge in [-0.3, -0.25) is 9.69 Å². The highest BCUT2D eigenvalue weighted by Crippen LogP contribution is 2.58. The molecule has 3 aromatic carbocycles. The molecular formula is C32H38N2O4. The number of hydrogen-bond acceptors (Lipinski definition) is 5. The highest BCUT2D eigenvalue weighted by Gasteiger charge is 2.62. The van der Waals surface area contributed by atoms with Crippen LogP contribution in [-0.4, -0.2) is 56.9 Å².